The van der Waals surface area contributed by atoms with E-state index in [0.717, 1.165) is 12.8 Å². The van der Waals surface area contributed by atoms with Crippen LogP contribution in [0.3, 0.4) is 0 Å². The Morgan fingerprint density at radius 2 is 2.15 bits per heavy atom. The Morgan fingerprint density at radius 3 is 2.77 bits per heavy atom. The maximum atomic E-state index is 11.0. The molecule has 0 heterocycles. The lowest BCUT2D eigenvalue weighted by molar-refractivity contribution is -0.151. The van der Waals surface area contributed by atoms with Crippen LogP contribution in [0.1, 0.15) is 39.0 Å². The molecule has 3 N–H and O–H groups in total. The zero-order valence-electron chi connectivity index (χ0n) is 8.34. The van der Waals surface area contributed by atoms with Crippen molar-refractivity contribution >= 4 is 5.97 Å². The highest BCUT2D eigenvalue weighted by atomic mass is 16.7. The zero-order chi connectivity index (χ0) is 9.94. The van der Waals surface area contributed by atoms with Gasteiger partial charge in [0.25, 0.3) is 0 Å². The number of rotatable bonds is 8. The highest BCUT2D eigenvalue weighted by Crippen LogP contribution is 2.02. The second-order valence-corrected chi connectivity index (χ2v) is 2.97. The summed E-state index contributed by atoms with van der Waals surface area (Å²) in [5.41, 5.74) is 7.70. The van der Waals surface area contributed by atoms with E-state index in [9.17, 15) is 4.79 Å². The topological polar surface area (TPSA) is 64.3 Å². The molecule has 0 fully saturated rings. The minimum atomic E-state index is -0.190. The van der Waals surface area contributed by atoms with Gasteiger partial charge in [-0.3, -0.25) is 4.79 Å². The van der Waals surface area contributed by atoms with Gasteiger partial charge in [0.2, 0.25) is 0 Å². The number of nitrogens with two attached hydrogens (primary N) is 1. The van der Waals surface area contributed by atoms with Gasteiger partial charge >= 0.3 is 5.97 Å². The highest BCUT2D eigenvalue weighted by molar-refractivity contribution is 5.68. The molecule has 0 bridgehead atoms. The number of unbranched alkanes of at least 4 members (excludes halogenated alkanes) is 3. The standard InChI is InChI=1S/C9H20N2O2/c1-2-3-4-5-6-9(12)13-11-8-7-10/h11H,2-8,10H2,1H3. The van der Waals surface area contributed by atoms with E-state index < -0.39 is 0 Å². The lowest BCUT2D eigenvalue weighted by atomic mass is 10.2. The summed E-state index contributed by atoms with van der Waals surface area (Å²) in [6.45, 7) is 3.13. The SMILES string of the molecule is CCCCCCC(=O)ONCCN. The molecule has 0 atom stereocenters. The Kier molecular flexibility index (Phi) is 9.03. The smallest absolute Gasteiger partial charge is 0.324 e. The van der Waals surface area contributed by atoms with Crippen molar-refractivity contribution in [2.75, 3.05) is 13.1 Å². The Bertz CT molecular complexity index is 129. The first-order chi connectivity index (χ1) is 6.31. The van der Waals surface area contributed by atoms with Gasteiger partial charge in [0.05, 0.1) is 0 Å². The average molecular weight is 188 g/mol. The van der Waals surface area contributed by atoms with Crippen LogP contribution in [0.2, 0.25) is 0 Å². The molecule has 0 rings (SSSR count). The Labute approximate surface area is 79.8 Å². The Balaban J connectivity index is 3.11. The molecule has 13 heavy (non-hydrogen) atoms. The van der Waals surface area contributed by atoms with Crippen LogP contribution in [0.5, 0.6) is 0 Å². The van der Waals surface area contributed by atoms with Crippen LogP contribution in [-0.2, 0) is 9.63 Å². The van der Waals surface area contributed by atoms with Crippen molar-refractivity contribution < 1.29 is 9.63 Å². The first kappa shape index (κ1) is 12.4. The van der Waals surface area contributed by atoms with Crippen molar-refractivity contribution in [3.63, 3.8) is 0 Å². The molecule has 78 valence electrons. The molecule has 0 saturated carbocycles. The van der Waals surface area contributed by atoms with E-state index in [1.54, 1.807) is 0 Å². The van der Waals surface area contributed by atoms with Crippen molar-refractivity contribution in [1.82, 2.24) is 5.48 Å². The molecule has 0 aliphatic carbocycles. The van der Waals surface area contributed by atoms with E-state index in [1.165, 1.54) is 12.8 Å². The number of hydrogen-bond donors (Lipinski definition) is 2. The summed E-state index contributed by atoms with van der Waals surface area (Å²) in [5.74, 6) is -0.190. The third-order valence-electron chi connectivity index (χ3n) is 1.67. The lowest BCUT2D eigenvalue weighted by Gasteiger charge is -2.03. The van der Waals surface area contributed by atoms with Gasteiger partial charge in [-0.1, -0.05) is 26.2 Å². The van der Waals surface area contributed by atoms with Gasteiger partial charge in [-0.05, 0) is 6.42 Å². The summed E-state index contributed by atoms with van der Waals surface area (Å²) in [6.07, 6.45) is 4.88. The molecule has 0 spiro atoms. The second-order valence-electron chi connectivity index (χ2n) is 2.97. The van der Waals surface area contributed by atoms with Gasteiger partial charge < -0.3 is 10.6 Å². The van der Waals surface area contributed by atoms with Crippen molar-refractivity contribution in [2.24, 2.45) is 5.73 Å². The molecule has 4 nitrogen and oxygen atoms in total. The molecule has 0 saturated heterocycles. The van der Waals surface area contributed by atoms with Crippen molar-refractivity contribution in [1.29, 1.82) is 0 Å². The summed E-state index contributed by atoms with van der Waals surface area (Å²) in [5, 5.41) is 0. The number of hydrogen-bond acceptors (Lipinski definition) is 4. The maximum absolute atomic E-state index is 11.0. The normalized spacial score (nSPS) is 10.0. The monoisotopic (exact) mass is 188 g/mol. The van der Waals surface area contributed by atoms with E-state index in [1.807, 2.05) is 0 Å². The van der Waals surface area contributed by atoms with Gasteiger partial charge in [-0.15, -0.1) is 0 Å². The summed E-state index contributed by atoms with van der Waals surface area (Å²) < 4.78 is 0. The highest BCUT2D eigenvalue weighted by Gasteiger charge is 2.01. The van der Waals surface area contributed by atoms with Gasteiger partial charge in [-0.25, -0.2) is 0 Å². The predicted molar refractivity (Wildman–Crippen MR) is 51.9 cm³/mol. The molecule has 0 aliphatic heterocycles. The molecule has 0 aromatic heterocycles. The minimum absolute atomic E-state index is 0.190. The number of nitrogens with one attached hydrogen (secondary N) is 1. The van der Waals surface area contributed by atoms with Crippen LogP contribution in [0.25, 0.3) is 0 Å². The Hall–Kier alpha value is -0.610. The second kappa shape index (κ2) is 9.48. The first-order valence-corrected chi connectivity index (χ1v) is 4.93. The number of carbonyl (C=O) groups is 1. The van der Waals surface area contributed by atoms with Crippen molar-refractivity contribution in [3.8, 4) is 0 Å². The van der Waals surface area contributed by atoms with Crippen LogP contribution >= 0.6 is 0 Å². The molecule has 0 aromatic rings. The van der Waals surface area contributed by atoms with Gasteiger partial charge in [0.1, 0.15) is 0 Å². The Morgan fingerprint density at radius 1 is 1.38 bits per heavy atom. The fourth-order valence-electron chi connectivity index (χ4n) is 0.938. The number of carbonyl (C=O) groups excluding carboxylic acids is 1. The van der Waals surface area contributed by atoms with Crippen LogP contribution in [0.15, 0.2) is 0 Å². The molecule has 0 amide bonds. The third-order valence-corrected chi connectivity index (χ3v) is 1.67. The third kappa shape index (κ3) is 9.30. The van der Waals surface area contributed by atoms with Crippen LogP contribution in [0, 0.1) is 0 Å². The summed E-state index contributed by atoms with van der Waals surface area (Å²) in [7, 11) is 0. The molecule has 0 radical (unpaired) electrons. The summed E-state index contributed by atoms with van der Waals surface area (Å²) in [6, 6.07) is 0. The maximum Gasteiger partial charge on any atom is 0.324 e. The number of hydroxylamine groups is 1. The lowest BCUT2D eigenvalue weighted by Crippen LogP contribution is -2.25. The summed E-state index contributed by atoms with van der Waals surface area (Å²) >= 11 is 0. The van der Waals surface area contributed by atoms with E-state index in [-0.39, 0.29) is 5.97 Å². The summed E-state index contributed by atoms with van der Waals surface area (Å²) in [4.78, 5) is 15.6. The van der Waals surface area contributed by atoms with Crippen molar-refractivity contribution in [3.05, 3.63) is 0 Å². The van der Waals surface area contributed by atoms with E-state index in [0.29, 0.717) is 19.5 Å². The molecule has 0 aromatic carbocycles. The molecule has 4 heteroatoms. The molecular weight excluding hydrogens is 168 g/mol. The van der Waals surface area contributed by atoms with Gasteiger partial charge in [-0.2, -0.15) is 5.48 Å². The predicted octanol–water partition coefficient (Wildman–Crippen LogP) is 0.963. The van der Waals surface area contributed by atoms with Crippen LogP contribution < -0.4 is 11.2 Å². The van der Waals surface area contributed by atoms with E-state index >= 15 is 0 Å². The van der Waals surface area contributed by atoms with Crippen molar-refractivity contribution in [2.45, 2.75) is 39.0 Å². The van der Waals surface area contributed by atoms with Gasteiger partial charge in [0, 0.05) is 19.5 Å². The average Bonchev–Trinajstić information content (AvgIpc) is 2.13. The first-order valence-electron chi connectivity index (χ1n) is 4.93. The van der Waals surface area contributed by atoms with Gasteiger partial charge in [0.15, 0.2) is 0 Å². The largest absolute Gasteiger partial charge is 0.371 e. The van der Waals surface area contributed by atoms with Crippen LogP contribution in [0.4, 0.5) is 0 Å². The fraction of sp³-hybridized carbons (Fsp3) is 0.889. The quantitative estimate of drug-likeness (QED) is 0.440. The van der Waals surface area contributed by atoms with E-state index in [2.05, 4.69) is 12.4 Å². The molecule has 0 aliphatic rings. The zero-order valence-corrected chi connectivity index (χ0v) is 8.34. The molecule has 0 unspecified atom stereocenters. The minimum Gasteiger partial charge on any atom is -0.371 e. The van der Waals surface area contributed by atoms with E-state index in [4.69, 9.17) is 10.6 Å². The molecular formula is C9H20N2O2. The fourth-order valence-corrected chi connectivity index (χ4v) is 0.938. The van der Waals surface area contributed by atoms with Crippen LogP contribution in [-0.4, -0.2) is 19.1 Å².